The standard InChI is InChI=1S/C7H16N2/c1-9-5-6-3-2-4-7(6)8/h6-7,9H,2-5,8H2,1H3. The lowest BCUT2D eigenvalue weighted by Crippen LogP contribution is -2.31. The molecule has 3 N–H and O–H groups in total. The average Bonchev–Trinajstić information content (AvgIpc) is 2.18. The van der Waals surface area contributed by atoms with Crippen LogP contribution in [-0.2, 0) is 0 Å². The second-order valence-electron chi connectivity index (χ2n) is 2.91. The fraction of sp³-hybridized carbons (Fsp3) is 1.00. The van der Waals surface area contributed by atoms with Gasteiger partial charge in [-0.3, -0.25) is 0 Å². The molecule has 2 unspecified atom stereocenters. The molecule has 0 radical (unpaired) electrons. The van der Waals surface area contributed by atoms with Gasteiger partial charge in [0.25, 0.3) is 0 Å². The van der Waals surface area contributed by atoms with E-state index >= 15 is 0 Å². The van der Waals surface area contributed by atoms with Crippen LogP contribution in [0.15, 0.2) is 0 Å². The Morgan fingerprint density at radius 2 is 2.33 bits per heavy atom. The fourth-order valence-corrected chi connectivity index (χ4v) is 1.58. The van der Waals surface area contributed by atoms with Gasteiger partial charge in [0.2, 0.25) is 0 Å². The molecule has 1 aliphatic rings. The van der Waals surface area contributed by atoms with E-state index < -0.39 is 0 Å². The molecule has 0 aromatic carbocycles. The van der Waals surface area contributed by atoms with Gasteiger partial charge in [0.1, 0.15) is 0 Å². The van der Waals surface area contributed by atoms with Crippen LogP contribution in [0.3, 0.4) is 0 Å². The maximum atomic E-state index is 5.83. The highest BCUT2D eigenvalue weighted by Gasteiger charge is 2.22. The molecule has 1 fully saturated rings. The van der Waals surface area contributed by atoms with Crippen molar-refractivity contribution in [3.8, 4) is 0 Å². The van der Waals surface area contributed by atoms with Crippen LogP contribution in [0.4, 0.5) is 0 Å². The molecule has 1 saturated carbocycles. The van der Waals surface area contributed by atoms with Crippen LogP contribution < -0.4 is 11.1 Å². The normalized spacial score (nSPS) is 35.3. The lowest BCUT2D eigenvalue weighted by Gasteiger charge is -2.13. The zero-order chi connectivity index (χ0) is 6.69. The number of nitrogens with one attached hydrogen (secondary N) is 1. The summed E-state index contributed by atoms with van der Waals surface area (Å²) in [4.78, 5) is 0. The molecule has 0 aliphatic heterocycles. The van der Waals surface area contributed by atoms with Gasteiger partial charge in [-0.2, -0.15) is 0 Å². The predicted molar refractivity (Wildman–Crippen MR) is 39.2 cm³/mol. The molecule has 2 atom stereocenters. The molecule has 0 heterocycles. The third kappa shape index (κ3) is 1.66. The summed E-state index contributed by atoms with van der Waals surface area (Å²) in [5.74, 6) is 0.745. The molecule has 0 amide bonds. The van der Waals surface area contributed by atoms with Crippen molar-refractivity contribution in [3.05, 3.63) is 0 Å². The maximum Gasteiger partial charge on any atom is 0.00792 e. The molecule has 0 saturated heterocycles. The zero-order valence-electron chi connectivity index (χ0n) is 6.06. The molecule has 2 nitrogen and oxygen atoms in total. The number of hydrogen-bond acceptors (Lipinski definition) is 2. The summed E-state index contributed by atoms with van der Waals surface area (Å²) in [6, 6.07) is 0.470. The van der Waals surface area contributed by atoms with Crippen molar-refractivity contribution in [2.45, 2.75) is 25.3 Å². The van der Waals surface area contributed by atoms with E-state index in [0.29, 0.717) is 6.04 Å². The van der Waals surface area contributed by atoms with E-state index in [0.717, 1.165) is 12.5 Å². The van der Waals surface area contributed by atoms with Crippen LogP contribution in [0.1, 0.15) is 19.3 Å². The Kier molecular flexibility index (Phi) is 2.49. The molecular formula is C7H16N2. The van der Waals surface area contributed by atoms with Crippen molar-refractivity contribution in [1.29, 1.82) is 0 Å². The predicted octanol–water partition coefficient (Wildman–Crippen LogP) is 0.333. The second-order valence-corrected chi connectivity index (χ2v) is 2.91. The Hall–Kier alpha value is -0.0800. The van der Waals surface area contributed by atoms with E-state index in [9.17, 15) is 0 Å². The molecule has 54 valence electrons. The summed E-state index contributed by atoms with van der Waals surface area (Å²) < 4.78 is 0. The van der Waals surface area contributed by atoms with Crippen LogP contribution in [0.2, 0.25) is 0 Å². The van der Waals surface area contributed by atoms with Crippen molar-refractivity contribution in [2.75, 3.05) is 13.6 Å². The van der Waals surface area contributed by atoms with Crippen LogP contribution in [0, 0.1) is 5.92 Å². The Morgan fingerprint density at radius 3 is 2.78 bits per heavy atom. The van der Waals surface area contributed by atoms with Gasteiger partial charge in [-0.15, -0.1) is 0 Å². The molecule has 0 aromatic rings. The molecule has 1 aliphatic carbocycles. The van der Waals surface area contributed by atoms with Gasteiger partial charge < -0.3 is 11.1 Å². The van der Waals surface area contributed by atoms with Gasteiger partial charge in [-0.1, -0.05) is 6.42 Å². The van der Waals surface area contributed by atoms with E-state index in [1.54, 1.807) is 0 Å². The Balaban J connectivity index is 2.22. The Morgan fingerprint density at radius 1 is 1.56 bits per heavy atom. The molecule has 0 aromatic heterocycles. The Labute approximate surface area is 56.8 Å². The first-order valence-corrected chi connectivity index (χ1v) is 3.74. The van der Waals surface area contributed by atoms with Gasteiger partial charge in [-0.25, -0.2) is 0 Å². The third-order valence-electron chi connectivity index (χ3n) is 2.18. The van der Waals surface area contributed by atoms with Crippen LogP contribution in [-0.4, -0.2) is 19.6 Å². The van der Waals surface area contributed by atoms with Crippen LogP contribution in [0.5, 0.6) is 0 Å². The summed E-state index contributed by atoms with van der Waals surface area (Å²) in [5, 5.41) is 3.16. The average molecular weight is 128 g/mol. The monoisotopic (exact) mass is 128 g/mol. The van der Waals surface area contributed by atoms with Crippen LogP contribution >= 0.6 is 0 Å². The van der Waals surface area contributed by atoms with Crippen molar-refractivity contribution in [2.24, 2.45) is 11.7 Å². The van der Waals surface area contributed by atoms with Crippen molar-refractivity contribution in [3.63, 3.8) is 0 Å². The largest absolute Gasteiger partial charge is 0.327 e. The highest BCUT2D eigenvalue weighted by molar-refractivity contribution is 4.80. The molecule has 9 heavy (non-hydrogen) atoms. The second kappa shape index (κ2) is 3.18. The van der Waals surface area contributed by atoms with Gasteiger partial charge >= 0.3 is 0 Å². The highest BCUT2D eigenvalue weighted by Crippen LogP contribution is 2.22. The number of rotatable bonds is 2. The first kappa shape index (κ1) is 7.03. The van der Waals surface area contributed by atoms with E-state index in [1.165, 1.54) is 19.3 Å². The summed E-state index contributed by atoms with van der Waals surface area (Å²) in [6.45, 7) is 1.10. The minimum atomic E-state index is 0.470. The third-order valence-corrected chi connectivity index (χ3v) is 2.18. The highest BCUT2D eigenvalue weighted by atomic mass is 14.8. The topological polar surface area (TPSA) is 38.0 Å². The van der Waals surface area contributed by atoms with Crippen molar-refractivity contribution < 1.29 is 0 Å². The first-order valence-electron chi connectivity index (χ1n) is 3.74. The Bertz CT molecular complexity index is 83.0. The van der Waals surface area contributed by atoms with Gasteiger partial charge in [-0.05, 0) is 32.4 Å². The quantitative estimate of drug-likeness (QED) is 0.562. The molecule has 1 rings (SSSR count). The van der Waals surface area contributed by atoms with Crippen molar-refractivity contribution >= 4 is 0 Å². The fourth-order valence-electron chi connectivity index (χ4n) is 1.58. The van der Waals surface area contributed by atoms with E-state index in [-0.39, 0.29) is 0 Å². The molecule has 0 spiro atoms. The lowest BCUT2D eigenvalue weighted by atomic mass is 10.1. The van der Waals surface area contributed by atoms with E-state index in [4.69, 9.17) is 5.73 Å². The van der Waals surface area contributed by atoms with E-state index in [2.05, 4.69) is 5.32 Å². The summed E-state index contributed by atoms with van der Waals surface area (Å²) in [6.07, 6.45) is 3.88. The number of hydrogen-bond donors (Lipinski definition) is 2. The minimum Gasteiger partial charge on any atom is -0.327 e. The first-order chi connectivity index (χ1) is 4.34. The van der Waals surface area contributed by atoms with Gasteiger partial charge in [0.05, 0.1) is 0 Å². The lowest BCUT2D eigenvalue weighted by molar-refractivity contribution is 0.460. The summed E-state index contributed by atoms with van der Waals surface area (Å²) in [7, 11) is 1.99. The summed E-state index contributed by atoms with van der Waals surface area (Å²) >= 11 is 0. The van der Waals surface area contributed by atoms with Crippen molar-refractivity contribution in [1.82, 2.24) is 5.32 Å². The molecular weight excluding hydrogens is 112 g/mol. The smallest absolute Gasteiger partial charge is 0.00792 e. The minimum absolute atomic E-state index is 0.470. The molecule has 2 heteroatoms. The molecule has 0 bridgehead atoms. The number of nitrogens with two attached hydrogens (primary N) is 1. The van der Waals surface area contributed by atoms with Gasteiger partial charge in [0, 0.05) is 6.04 Å². The van der Waals surface area contributed by atoms with Gasteiger partial charge in [0.15, 0.2) is 0 Å². The van der Waals surface area contributed by atoms with E-state index in [1.807, 2.05) is 7.05 Å². The maximum absolute atomic E-state index is 5.83. The summed E-state index contributed by atoms with van der Waals surface area (Å²) in [5.41, 5.74) is 5.83. The van der Waals surface area contributed by atoms with Crippen LogP contribution in [0.25, 0.3) is 0 Å². The zero-order valence-corrected chi connectivity index (χ0v) is 6.06. The SMILES string of the molecule is CNCC1CCCC1N.